The molecule has 0 spiro atoms. The van der Waals surface area contributed by atoms with Crippen molar-refractivity contribution in [2.75, 3.05) is 11.9 Å². The number of carbonyl (C=O) groups excluding carboxylic acids is 1. The van der Waals surface area contributed by atoms with Crippen molar-refractivity contribution in [3.8, 4) is 5.75 Å². The summed E-state index contributed by atoms with van der Waals surface area (Å²) >= 11 is 0. The van der Waals surface area contributed by atoms with Crippen LogP contribution in [0.4, 0.5) is 11.4 Å². The van der Waals surface area contributed by atoms with Crippen molar-refractivity contribution in [2.45, 2.75) is 20.3 Å². The molecular formula is C19H20N2O4. The van der Waals surface area contributed by atoms with E-state index in [0.717, 1.165) is 17.5 Å². The van der Waals surface area contributed by atoms with Gasteiger partial charge < -0.3 is 10.1 Å². The Morgan fingerprint density at radius 3 is 2.60 bits per heavy atom. The fourth-order valence-corrected chi connectivity index (χ4v) is 2.10. The molecule has 0 bridgehead atoms. The van der Waals surface area contributed by atoms with Crippen molar-refractivity contribution >= 4 is 23.4 Å². The summed E-state index contributed by atoms with van der Waals surface area (Å²) in [7, 11) is 0. The van der Waals surface area contributed by atoms with Crippen LogP contribution < -0.4 is 10.1 Å². The highest BCUT2D eigenvalue weighted by Crippen LogP contribution is 2.29. The number of aryl methyl sites for hydroxylation is 1. The van der Waals surface area contributed by atoms with Crippen LogP contribution in [0.5, 0.6) is 5.75 Å². The van der Waals surface area contributed by atoms with Crippen LogP contribution in [-0.4, -0.2) is 17.4 Å². The van der Waals surface area contributed by atoms with E-state index in [4.69, 9.17) is 4.74 Å². The molecule has 0 heterocycles. The van der Waals surface area contributed by atoms with E-state index in [1.54, 1.807) is 12.1 Å². The summed E-state index contributed by atoms with van der Waals surface area (Å²) in [5.41, 5.74) is 1.93. The quantitative estimate of drug-likeness (QED) is 0.462. The van der Waals surface area contributed by atoms with Gasteiger partial charge >= 0.3 is 0 Å². The van der Waals surface area contributed by atoms with Crippen molar-refractivity contribution in [3.63, 3.8) is 0 Å². The minimum absolute atomic E-state index is 0.132. The van der Waals surface area contributed by atoms with Crippen LogP contribution in [0.15, 0.2) is 48.5 Å². The highest BCUT2D eigenvalue weighted by Gasteiger charge is 2.16. The van der Waals surface area contributed by atoms with Gasteiger partial charge in [0.25, 0.3) is 5.69 Å². The van der Waals surface area contributed by atoms with Crippen molar-refractivity contribution in [3.05, 3.63) is 69.8 Å². The SMILES string of the molecule is CCCOc1ccc(NC(=O)/C=C/c2ccc(C)cc2)c([N+](=O)[O-])c1. The van der Waals surface area contributed by atoms with E-state index in [1.807, 2.05) is 38.1 Å². The molecule has 0 saturated heterocycles. The molecule has 25 heavy (non-hydrogen) atoms. The second-order valence-corrected chi connectivity index (χ2v) is 5.52. The van der Waals surface area contributed by atoms with Crippen LogP contribution in [-0.2, 0) is 4.79 Å². The van der Waals surface area contributed by atoms with Crippen LogP contribution in [0.3, 0.4) is 0 Å². The molecule has 1 N–H and O–H groups in total. The summed E-state index contributed by atoms with van der Waals surface area (Å²) in [6, 6.07) is 12.1. The molecule has 6 heteroatoms. The van der Waals surface area contributed by atoms with Gasteiger partial charge in [-0.2, -0.15) is 0 Å². The van der Waals surface area contributed by atoms with E-state index in [1.165, 1.54) is 18.2 Å². The Kier molecular flexibility index (Phi) is 6.28. The Morgan fingerprint density at radius 1 is 1.24 bits per heavy atom. The van der Waals surface area contributed by atoms with Crippen LogP contribution in [0.1, 0.15) is 24.5 Å². The van der Waals surface area contributed by atoms with Gasteiger partial charge in [0.1, 0.15) is 11.4 Å². The molecular weight excluding hydrogens is 320 g/mol. The summed E-state index contributed by atoms with van der Waals surface area (Å²) in [4.78, 5) is 22.7. The lowest BCUT2D eigenvalue weighted by Gasteiger charge is -2.07. The number of hydrogen-bond acceptors (Lipinski definition) is 4. The van der Waals surface area contributed by atoms with Gasteiger partial charge in [0, 0.05) is 6.08 Å². The molecule has 0 aliphatic heterocycles. The zero-order valence-corrected chi connectivity index (χ0v) is 14.2. The number of carbonyl (C=O) groups is 1. The molecule has 2 aromatic rings. The van der Waals surface area contributed by atoms with E-state index in [2.05, 4.69) is 5.32 Å². The first-order valence-electron chi connectivity index (χ1n) is 7.96. The van der Waals surface area contributed by atoms with Crippen molar-refractivity contribution in [1.29, 1.82) is 0 Å². The number of ether oxygens (including phenoxy) is 1. The van der Waals surface area contributed by atoms with Crippen LogP contribution >= 0.6 is 0 Å². The predicted molar refractivity (Wildman–Crippen MR) is 97.7 cm³/mol. The highest BCUT2D eigenvalue weighted by atomic mass is 16.6. The lowest BCUT2D eigenvalue weighted by molar-refractivity contribution is -0.384. The minimum Gasteiger partial charge on any atom is -0.493 e. The second-order valence-electron chi connectivity index (χ2n) is 5.52. The smallest absolute Gasteiger partial charge is 0.296 e. The normalized spacial score (nSPS) is 10.6. The number of benzene rings is 2. The number of nitrogens with one attached hydrogen (secondary N) is 1. The molecule has 0 fully saturated rings. The third-order valence-corrected chi connectivity index (χ3v) is 3.40. The first-order chi connectivity index (χ1) is 12.0. The fourth-order valence-electron chi connectivity index (χ4n) is 2.10. The number of nitro benzene ring substituents is 1. The number of rotatable bonds is 7. The lowest BCUT2D eigenvalue weighted by atomic mass is 10.1. The van der Waals surface area contributed by atoms with Crippen LogP contribution in [0, 0.1) is 17.0 Å². The van der Waals surface area contributed by atoms with Crippen LogP contribution in [0.25, 0.3) is 6.08 Å². The zero-order valence-electron chi connectivity index (χ0n) is 14.2. The summed E-state index contributed by atoms with van der Waals surface area (Å²) in [6.07, 6.45) is 3.80. The third kappa shape index (κ3) is 5.46. The number of amides is 1. The Balaban J connectivity index is 2.11. The van der Waals surface area contributed by atoms with E-state index in [0.29, 0.717) is 12.4 Å². The lowest BCUT2D eigenvalue weighted by Crippen LogP contribution is -2.10. The highest BCUT2D eigenvalue weighted by molar-refractivity contribution is 6.03. The summed E-state index contributed by atoms with van der Waals surface area (Å²) in [6.45, 7) is 4.40. The van der Waals surface area contributed by atoms with E-state index >= 15 is 0 Å². The summed E-state index contributed by atoms with van der Waals surface area (Å²) in [5.74, 6) is -0.0346. The van der Waals surface area contributed by atoms with Gasteiger partial charge in [0.15, 0.2) is 0 Å². The Hall–Kier alpha value is -3.15. The Labute approximate surface area is 146 Å². The van der Waals surface area contributed by atoms with Gasteiger partial charge in [-0.15, -0.1) is 0 Å². The van der Waals surface area contributed by atoms with E-state index in [9.17, 15) is 14.9 Å². The summed E-state index contributed by atoms with van der Waals surface area (Å²) in [5, 5.41) is 13.8. The van der Waals surface area contributed by atoms with Gasteiger partial charge in [0.2, 0.25) is 5.91 Å². The third-order valence-electron chi connectivity index (χ3n) is 3.40. The first kappa shape index (κ1) is 18.2. The Bertz CT molecular complexity index is 783. The van der Waals surface area contributed by atoms with Gasteiger partial charge in [0.05, 0.1) is 17.6 Å². The predicted octanol–water partition coefficient (Wildman–Crippen LogP) is 4.34. The number of hydrogen-bond donors (Lipinski definition) is 1. The summed E-state index contributed by atoms with van der Waals surface area (Å²) < 4.78 is 5.39. The molecule has 1 amide bonds. The molecule has 0 aliphatic carbocycles. The van der Waals surface area contributed by atoms with Crippen molar-refractivity contribution in [1.82, 2.24) is 0 Å². The number of anilines is 1. The second kappa shape index (κ2) is 8.63. The largest absolute Gasteiger partial charge is 0.493 e. The van der Waals surface area contributed by atoms with Gasteiger partial charge in [-0.25, -0.2) is 0 Å². The number of nitrogens with zero attached hydrogens (tertiary/aromatic N) is 1. The van der Waals surface area contributed by atoms with Crippen molar-refractivity contribution in [2.24, 2.45) is 0 Å². The fraction of sp³-hybridized carbons (Fsp3) is 0.211. The van der Waals surface area contributed by atoms with E-state index < -0.39 is 10.8 Å². The van der Waals surface area contributed by atoms with Crippen LogP contribution in [0.2, 0.25) is 0 Å². The van der Waals surface area contributed by atoms with E-state index in [-0.39, 0.29) is 11.4 Å². The first-order valence-corrected chi connectivity index (χ1v) is 7.96. The monoisotopic (exact) mass is 340 g/mol. The average Bonchev–Trinajstić information content (AvgIpc) is 2.60. The molecule has 2 rings (SSSR count). The number of nitro groups is 1. The maximum absolute atomic E-state index is 12.0. The molecule has 130 valence electrons. The molecule has 0 aromatic heterocycles. The minimum atomic E-state index is -0.544. The Morgan fingerprint density at radius 2 is 1.96 bits per heavy atom. The standard InChI is InChI=1S/C19H20N2O4/c1-3-12-25-16-9-10-17(18(13-16)21(23)24)20-19(22)11-8-15-6-4-14(2)5-7-15/h4-11,13H,3,12H2,1-2H3,(H,20,22)/b11-8+. The molecule has 0 aliphatic rings. The maximum Gasteiger partial charge on any atom is 0.296 e. The molecule has 0 saturated carbocycles. The van der Waals surface area contributed by atoms with Crippen molar-refractivity contribution < 1.29 is 14.5 Å². The molecule has 0 atom stereocenters. The molecule has 0 unspecified atom stereocenters. The van der Waals surface area contributed by atoms with Gasteiger partial charge in [-0.1, -0.05) is 36.8 Å². The average molecular weight is 340 g/mol. The molecule has 6 nitrogen and oxygen atoms in total. The van der Waals surface area contributed by atoms with Gasteiger partial charge in [-0.05, 0) is 37.1 Å². The zero-order chi connectivity index (χ0) is 18.2. The molecule has 0 radical (unpaired) electrons. The maximum atomic E-state index is 12.0. The molecule has 2 aromatic carbocycles. The van der Waals surface area contributed by atoms with Gasteiger partial charge in [-0.3, -0.25) is 14.9 Å². The topological polar surface area (TPSA) is 81.5 Å².